The monoisotopic (exact) mass is 833 g/mol. The second-order valence-corrected chi connectivity index (χ2v) is 17.9. The number of unbranched alkanes of at least 4 members (excludes halogenated alkanes) is 32. The summed E-state index contributed by atoms with van der Waals surface area (Å²) in [5, 5.41) is 21.2. The van der Waals surface area contributed by atoms with E-state index in [-0.39, 0.29) is 12.6 Å². The second-order valence-electron chi connectivity index (χ2n) is 17.9. The number of carbonyl (C=O) groups excluding carboxylic acids is 1. The largest absolute Gasteiger partial charge is 0.466 e. The SMILES string of the molecule is CCCCC/C=C\C/C=C\CCCCCCCCN(CCO)CCCCCCCCCCCOC(=O)CCCCCCCCCN(O)CCCCCCCCCCCC. The molecule has 0 aliphatic carbocycles. The third-order valence-electron chi connectivity index (χ3n) is 12.0. The lowest BCUT2D eigenvalue weighted by atomic mass is 10.1. The third-order valence-corrected chi connectivity index (χ3v) is 12.0. The molecule has 0 aromatic rings. The molecule has 6 heteroatoms. The smallest absolute Gasteiger partial charge is 0.305 e. The molecule has 0 heterocycles. The minimum atomic E-state index is -0.0190. The summed E-state index contributed by atoms with van der Waals surface area (Å²) in [6.07, 6.45) is 57.8. The van der Waals surface area contributed by atoms with Crippen LogP contribution in [-0.4, -0.2) is 72.2 Å². The van der Waals surface area contributed by atoms with E-state index in [2.05, 4.69) is 43.1 Å². The Bertz CT molecular complexity index is 864. The number of nitrogens with zero attached hydrogens (tertiary/aromatic N) is 2. The third kappa shape index (κ3) is 49.3. The Balaban J connectivity index is 3.44. The Labute approximate surface area is 369 Å². The van der Waals surface area contributed by atoms with Crippen LogP contribution in [0.1, 0.15) is 264 Å². The van der Waals surface area contributed by atoms with Crippen molar-refractivity contribution in [1.29, 1.82) is 0 Å². The number of ether oxygens (including phenoxy) is 1. The van der Waals surface area contributed by atoms with Crippen molar-refractivity contribution in [2.75, 3.05) is 45.9 Å². The lowest BCUT2D eigenvalue weighted by molar-refractivity contribution is -0.143. The molecule has 2 N–H and O–H groups in total. The fourth-order valence-electron chi connectivity index (χ4n) is 8.07. The van der Waals surface area contributed by atoms with Gasteiger partial charge in [0.1, 0.15) is 0 Å². The van der Waals surface area contributed by atoms with E-state index in [1.54, 1.807) is 0 Å². The van der Waals surface area contributed by atoms with Gasteiger partial charge in [-0.2, -0.15) is 5.06 Å². The van der Waals surface area contributed by atoms with Crippen LogP contribution < -0.4 is 0 Å². The van der Waals surface area contributed by atoms with Crippen molar-refractivity contribution in [3.63, 3.8) is 0 Å². The average Bonchev–Trinajstić information content (AvgIpc) is 3.23. The maximum absolute atomic E-state index is 12.1. The van der Waals surface area contributed by atoms with E-state index >= 15 is 0 Å². The Kier molecular flexibility index (Phi) is 50.1. The minimum Gasteiger partial charge on any atom is -0.466 e. The van der Waals surface area contributed by atoms with Crippen molar-refractivity contribution in [3.05, 3.63) is 24.3 Å². The molecule has 0 aliphatic heterocycles. The predicted molar refractivity (Wildman–Crippen MR) is 258 cm³/mol. The Morgan fingerprint density at radius 1 is 0.424 bits per heavy atom. The van der Waals surface area contributed by atoms with Gasteiger partial charge in [0, 0.05) is 26.1 Å². The van der Waals surface area contributed by atoms with Gasteiger partial charge in [0.05, 0.1) is 13.2 Å². The van der Waals surface area contributed by atoms with Gasteiger partial charge in [-0.05, 0) is 83.7 Å². The van der Waals surface area contributed by atoms with E-state index < -0.39 is 0 Å². The fourth-order valence-corrected chi connectivity index (χ4v) is 8.07. The molecule has 0 saturated heterocycles. The molecule has 0 aromatic heterocycles. The summed E-state index contributed by atoms with van der Waals surface area (Å²) in [6.45, 7) is 10.1. The zero-order valence-electron chi connectivity index (χ0n) is 39.9. The van der Waals surface area contributed by atoms with Crippen LogP contribution in [0.2, 0.25) is 0 Å². The first-order valence-corrected chi connectivity index (χ1v) is 26.4. The molecule has 0 aliphatic rings. The van der Waals surface area contributed by atoms with Crippen LogP contribution >= 0.6 is 0 Å². The summed E-state index contributed by atoms with van der Waals surface area (Å²) >= 11 is 0. The summed E-state index contributed by atoms with van der Waals surface area (Å²) in [5.41, 5.74) is 0. The zero-order chi connectivity index (χ0) is 42.8. The van der Waals surface area contributed by atoms with Gasteiger partial charge in [-0.3, -0.25) is 4.79 Å². The molecule has 0 unspecified atom stereocenters. The summed E-state index contributed by atoms with van der Waals surface area (Å²) in [7, 11) is 0. The number of carbonyl (C=O) groups is 1. The highest BCUT2D eigenvalue weighted by Crippen LogP contribution is 2.14. The van der Waals surface area contributed by atoms with E-state index in [4.69, 9.17) is 4.74 Å². The van der Waals surface area contributed by atoms with Crippen LogP contribution in [0.15, 0.2) is 24.3 Å². The zero-order valence-corrected chi connectivity index (χ0v) is 39.9. The fraction of sp³-hybridized carbons (Fsp3) is 0.906. The van der Waals surface area contributed by atoms with Crippen molar-refractivity contribution in [1.82, 2.24) is 9.96 Å². The molecule has 6 nitrogen and oxygen atoms in total. The van der Waals surface area contributed by atoms with Gasteiger partial charge in [-0.15, -0.1) is 0 Å². The minimum absolute atomic E-state index is 0.0190. The molecule has 0 atom stereocenters. The number of hydrogen-bond donors (Lipinski definition) is 2. The van der Waals surface area contributed by atoms with Crippen LogP contribution in [0.3, 0.4) is 0 Å². The molecule has 0 aromatic carbocycles. The molecule has 0 rings (SSSR count). The topological polar surface area (TPSA) is 73.2 Å². The lowest BCUT2D eigenvalue weighted by Gasteiger charge is -2.21. The molecule has 350 valence electrons. The van der Waals surface area contributed by atoms with Gasteiger partial charge in [-0.25, -0.2) is 0 Å². The molecule has 0 bridgehead atoms. The number of hydroxylamine groups is 2. The van der Waals surface area contributed by atoms with Crippen molar-refractivity contribution in [3.8, 4) is 0 Å². The highest BCUT2D eigenvalue weighted by atomic mass is 16.5. The number of hydrogen-bond acceptors (Lipinski definition) is 6. The highest BCUT2D eigenvalue weighted by Gasteiger charge is 2.06. The second kappa shape index (κ2) is 51.1. The quantitative estimate of drug-likeness (QED) is 0.0275. The van der Waals surface area contributed by atoms with E-state index in [9.17, 15) is 15.1 Å². The van der Waals surface area contributed by atoms with E-state index in [1.807, 2.05) is 0 Å². The van der Waals surface area contributed by atoms with Gasteiger partial charge >= 0.3 is 5.97 Å². The molecule has 0 amide bonds. The number of aliphatic hydroxyl groups excluding tert-OH is 1. The molecule has 0 radical (unpaired) electrons. The Hall–Kier alpha value is -1.21. The Morgan fingerprint density at radius 3 is 1.24 bits per heavy atom. The summed E-state index contributed by atoms with van der Waals surface area (Å²) in [5.74, 6) is -0.0190. The molecular weight excluding hydrogens is 729 g/mol. The Morgan fingerprint density at radius 2 is 0.780 bits per heavy atom. The van der Waals surface area contributed by atoms with Crippen LogP contribution in [0.4, 0.5) is 0 Å². The van der Waals surface area contributed by atoms with E-state index in [1.165, 1.54) is 204 Å². The predicted octanol–water partition coefficient (Wildman–Crippen LogP) is 15.9. The van der Waals surface area contributed by atoms with Crippen LogP contribution in [-0.2, 0) is 9.53 Å². The maximum atomic E-state index is 12.1. The van der Waals surface area contributed by atoms with E-state index in [0.29, 0.717) is 13.0 Å². The van der Waals surface area contributed by atoms with Crippen LogP contribution in [0.5, 0.6) is 0 Å². The van der Waals surface area contributed by atoms with Gasteiger partial charge in [0.15, 0.2) is 0 Å². The molecule has 0 fully saturated rings. The molecule has 59 heavy (non-hydrogen) atoms. The molecule has 0 spiro atoms. The van der Waals surface area contributed by atoms with Crippen LogP contribution in [0, 0.1) is 0 Å². The van der Waals surface area contributed by atoms with Crippen molar-refractivity contribution < 1.29 is 19.8 Å². The van der Waals surface area contributed by atoms with Crippen molar-refractivity contribution in [2.45, 2.75) is 264 Å². The molecular formula is C53H104N2O4. The summed E-state index contributed by atoms with van der Waals surface area (Å²) < 4.78 is 5.49. The number of aliphatic hydroxyl groups is 1. The van der Waals surface area contributed by atoms with E-state index in [0.717, 1.165) is 77.7 Å². The number of allylic oxidation sites excluding steroid dienone is 4. The first-order chi connectivity index (χ1) is 29.1. The van der Waals surface area contributed by atoms with Crippen molar-refractivity contribution >= 4 is 5.97 Å². The van der Waals surface area contributed by atoms with Gasteiger partial charge < -0.3 is 20.0 Å². The summed E-state index contributed by atoms with van der Waals surface area (Å²) in [4.78, 5) is 14.6. The van der Waals surface area contributed by atoms with Crippen LogP contribution in [0.25, 0.3) is 0 Å². The van der Waals surface area contributed by atoms with Gasteiger partial charge in [0.2, 0.25) is 0 Å². The first-order valence-electron chi connectivity index (χ1n) is 26.4. The average molecular weight is 833 g/mol. The maximum Gasteiger partial charge on any atom is 0.305 e. The van der Waals surface area contributed by atoms with Gasteiger partial charge in [0.25, 0.3) is 0 Å². The standard InChI is InChI=1S/C53H104N2O4/c1-3-5-7-9-11-13-15-16-17-18-19-20-22-28-34-40-46-54(50-51-56)47-41-35-29-23-21-25-32-38-44-52-59-53(57)45-39-33-27-26-31-37-43-49-55(58)48-42-36-30-24-14-12-10-8-6-4-2/h11,13,16-17,56,58H,3-10,12,14-15,18-52H2,1-2H3/b13-11-,17-16-. The summed E-state index contributed by atoms with van der Waals surface area (Å²) in [6, 6.07) is 0. The van der Waals surface area contributed by atoms with Crippen molar-refractivity contribution in [2.24, 2.45) is 0 Å². The first kappa shape index (κ1) is 57.8. The lowest BCUT2D eigenvalue weighted by Crippen LogP contribution is -2.29. The van der Waals surface area contributed by atoms with Gasteiger partial charge in [-0.1, -0.05) is 212 Å². The highest BCUT2D eigenvalue weighted by molar-refractivity contribution is 5.69. The molecule has 0 saturated carbocycles. The number of rotatable bonds is 50. The number of esters is 1. The normalized spacial score (nSPS) is 12.0.